The minimum atomic E-state index is -0.176. The van der Waals surface area contributed by atoms with E-state index in [1.807, 2.05) is 110 Å². The molecule has 44 heavy (non-hydrogen) atoms. The number of likely N-dealkylation sites (tertiary alicyclic amines) is 1. The topological polar surface area (TPSA) is 97.1 Å². The van der Waals surface area contributed by atoms with Gasteiger partial charge in [0.15, 0.2) is 5.75 Å². The normalized spacial score (nSPS) is 13.7. The third-order valence-electron chi connectivity index (χ3n) is 7.69. The van der Waals surface area contributed by atoms with Crippen LogP contribution < -0.4 is 25.4 Å². The molecule has 0 spiro atoms. The van der Waals surface area contributed by atoms with Gasteiger partial charge < -0.3 is 25.4 Å². The minimum Gasteiger partial charge on any atom is -0.457 e. The predicted octanol–water partition coefficient (Wildman–Crippen LogP) is 6.60. The highest BCUT2D eigenvalue weighted by Gasteiger charge is 2.23. The lowest BCUT2D eigenvalue weighted by atomic mass is 10.1. The average Bonchev–Trinajstić information content (AvgIpc) is 3.60. The Hall–Kier alpha value is -4.66. The van der Waals surface area contributed by atoms with E-state index in [2.05, 4.69) is 10.2 Å². The van der Waals surface area contributed by atoms with Crippen LogP contribution in [0.4, 0.5) is 5.69 Å². The van der Waals surface area contributed by atoms with Crippen LogP contribution in [-0.2, 0) is 22.7 Å². The number of ether oxygens (including phenoxy) is 2. The van der Waals surface area contributed by atoms with Crippen molar-refractivity contribution in [1.82, 2.24) is 10.2 Å². The number of para-hydroxylation sites is 3. The zero-order valence-corrected chi connectivity index (χ0v) is 25.2. The third kappa shape index (κ3) is 8.46. The quantitative estimate of drug-likeness (QED) is 0.182. The number of hydrogen-bond acceptors (Lipinski definition) is 6. The van der Waals surface area contributed by atoms with E-state index in [1.54, 1.807) is 4.90 Å². The van der Waals surface area contributed by atoms with Gasteiger partial charge in [0.25, 0.3) is 0 Å². The molecule has 8 heteroatoms. The van der Waals surface area contributed by atoms with Gasteiger partial charge in [-0.25, -0.2) is 0 Å². The molecule has 1 saturated heterocycles. The zero-order chi connectivity index (χ0) is 30.7. The number of rotatable bonds is 13. The fourth-order valence-corrected chi connectivity index (χ4v) is 5.29. The van der Waals surface area contributed by atoms with Crippen molar-refractivity contribution in [1.29, 1.82) is 0 Å². The molecule has 8 nitrogen and oxygen atoms in total. The first kappa shape index (κ1) is 30.8. The summed E-state index contributed by atoms with van der Waals surface area (Å²) < 4.78 is 12.2. The number of benzene rings is 4. The third-order valence-corrected chi connectivity index (χ3v) is 7.69. The van der Waals surface area contributed by atoms with E-state index in [9.17, 15) is 9.59 Å². The summed E-state index contributed by atoms with van der Waals surface area (Å²) in [6.45, 7) is 4.64. The number of carbonyl (C=O) groups excluding carboxylic acids is 2. The molecular formula is C36H40N4O4. The minimum absolute atomic E-state index is 0.0498. The van der Waals surface area contributed by atoms with Gasteiger partial charge in [0.05, 0.1) is 18.4 Å². The molecule has 4 aromatic rings. The van der Waals surface area contributed by atoms with Crippen LogP contribution in [0.5, 0.6) is 23.0 Å². The summed E-state index contributed by atoms with van der Waals surface area (Å²) in [5.41, 5.74) is 8.31. The van der Waals surface area contributed by atoms with Crippen LogP contribution in [0.15, 0.2) is 103 Å². The van der Waals surface area contributed by atoms with E-state index in [4.69, 9.17) is 15.2 Å². The maximum atomic E-state index is 13.8. The summed E-state index contributed by atoms with van der Waals surface area (Å²) in [4.78, 5) is 30.6. The molecule has 228 valence electrons. The van der Waals surface area contributed by atoms with E-state index in [-0.39, 0.29) is 30.8 Å². The summed E-state index contributed by atoms with van der Waals surface area (Å²) >= 11 is 0. The molecule has 0 saturated carbocycles. The molecule has 0 radical (unpaired) electrons. The largest absolute Gasteiger partial charge is 0.457 e. The number of nitrogens with two attached hydrogens (primary N) is 1. The Bertz CT molecular complexity index is 1520. The summed E-state index contributed by atoms with van der Waals surface area (Å²) in [7, 11) is 0. The standard InChI is InChI=1S/C36H40N4O4/c1-27(39-22-7-8-23-39)38-35(41)20-21-36(42)40(26-28-16-18-31(19-17-28)43-30-11-3-2-4-12-30)33-14-5-6-15-34(33)44-32-13-9-10-29(24-32)25-37/h2-6,9-19,24,27H,7-8,20-23,25-26,37H2,1H3,(H,38,41). The van der Waals surface area contributed by atoms with Crippen molar-refractivity contribution in [2.24, 2.45) is 5.73 Å². The van der Waals surface area contributed by atoms with Crippen LogP contribution in [0.25, 0.3) is 0 Å². The van der Waals surface area contributed by atoms with Crippen LogP contribution in [0.1, 0.15) is 43.7 Å². The van der Waals surface area contributed by atoms with Gasteiger partial charge in [0.1, 0.15) is 17.2 Å². The molecule has 1 heterocycles. The van der Waals surface area contributed by atoms with Gasteiger partial charge in [-0.2, -0.15) is 0 Å². The van der Waals surface area contributed by atoms with Crippen LogP contribution in [0.2, 0.25) is 0 Å². The van der Waals surface area contributed by atoms with Gasteiger partial charge in [-0.15, -0.1) is 0 Å². The van der Waals surface area contributed by atoms with Crippen molar-refractivity contribution in [3.63, 3.8) is 0 Å². The highest BCUT2D eigenvalue weighted by Crippen LogP contribution is 2.34. The first-order valence-corrected chi connectivity index (χ1v) is 15.2. The van der Waals surface area contributed by atoms with Gasteiger partial charge in [0, 0.05) is 32.5 Å². The van der Waals surface area contributed by atoms with Gasteiger partial charge in [-0.05, 0) is 79.4 Å². The monoisotopic (exact) mass is 592 g/mol. The van der Waals surface area contributed by atoms with Gasteiger partial charge in [0.2, 0.25) is 11.8 Å². The SMILES string of the molecule is CC(NC(=O)CCC(=O)N(Cc1ccc(Oc2ccccc2)cc1)c1ccccc1Oc1cccc(CN)c1)N1CCCC1. The summed E-state index contributed by atoms with van der Waals surface area (Å²) in [5, 5.41) is 3.05. The van der Waals surface area contributed by atoms with E-state index >= 15 is 0 Å². The Morgan fingerprint density at radius 2 is 1.48 bits per heavy atom. The van der Waals surface area contributed by atoms with Gasteiger partial charge >= 0.3 is 0 Å². The lowest BCUT2D eigenvalue weighted by Gasteiger charge is -2.26. The molecule has 3 N–H and O–H groups in total. The van der Waals surface area contributed by atoms with E-state index in [0.29, 0.717) is 36.0 Å². The highest BCUT2D eigenvalue weighted by atomic mass is 16.5. The predicted molar refractivity (Wildman–Crippen MR) is 173 cm³/mol. The first-order valence-electron chi connectivity index (χ1n) is 15.2. The van der Waals surface area contributed by atoms with Crippen molar-refractivity contribution < 1.29 is 19.1 Å². The van der Waals surface area contributed by atoms with E-state index < -0.39 is 0 Å². The molecule has 1 aliphatic heterocycles. The second-order valence-electron chi connectivity index (χ2n) is 10.9. The molecular weight excluding hydrogens is 552 g/mol. The smallest absolute Gasteiger partial charge is 0.227 e. The number of amides is 2. The lowest BCUT2D eigenvalue weighted by molar-refractivity contribution is -0.126. The number of nitrogens with one attached hydrogen (secondary N) is 1. The summed E-state index contributed by atoms with van der Waals surface area (Å²) in [6.07, 6.45) is 2.39. The van der Waals surface area contributed by atoms with E-state index in [1.165, 1.54) is 0 Å². The lowest BCUT2D eigenvalue weighted by Crippen LogP contribution is -2.45. The maximum absolute atomic E-state index is 13.8. The molecule has 1 unspecified atom stereocenters. The number of anilines is 1. The Labute approximate surface area is 259 Å². The van der Waals surface area contributed by atoms with Crippen LogP contribution >= 0.6 is 0 Å². The second-order valence-corrected chi connectivity index (χ2v) is 10.9. The zero-order valence-electron chi connectivity index (χ0n) is 25.2. The maximum Gasteiger partial charge on any atom is 0.227 e. The van der Waals surface area contributed by atoms with Gasteiger partial charge in [-0.1, -0.05) is 54.6 Å². The molecule has 0 aromatic heterocycles. The van der Waals surface area contributed by atoms with Crippen molar-refractivity contribution in [2.75, 3.05) is 18.0 Å². The molecule has 0 bridgehead atoms. The highest BCUT2D eigenvalue weighted by molar-refractivity contribution is 5.96. The average molecular weight is 593 g/mol. The van der Waals surface area contributed by atoms with Crippen molar-refractivity contribution in [3.8, 4) is 23.0 Å². The Morgan fingerprint density at radius 3 is 2.23 bits per heavy atom. The first-order chi connectivity index (χ1) is 21.5. The number of hydrogen-bond donors (Lipinski definition) is 2. The molecule has 0 aliphatic carbocycles. The summed E-state index contributed by atoms with van der Waals surface area (Å²) in [6, 6.07) is 32.3. The fraction of sp³-hybridized carbons (Fsp3) is 0.278. The number of carbonyl (C=O) groups is 2. The fourth-order valence-electron chi connectivity index (χ4n) is 5.29. The Morgan fingerprint density at radius 1 is 0.795 bits per heavy atom. The molecule has 2 amide bonds. The van der Waals surface area contributed by atoms with Crippen LogP contribution in [0.3, 0.4) is 0 Å². The molecule has 5 rings (SSSR count). The van der Waals surface area contributed by atoms with Gasteiger partial charge in [-0.3, -0.25) is 14.5 Å². The molecule has 1 atom stereocenters. The number of nitrogens with zero attached hydrogens (tertiary/aromatic N) is 2. The second kappa shape index (κ2) is 15.2. The van der Waals surface area contributed by atoms with Crippen molar-refractivity contribution in [2.45, 2.75) is 51.9 Å². The molecule has 1 fully saturated rings. The Kier molecular flexibility index (Phi) is 10.6. The van der Waals surface area contributed by atoms with Crippen LogP contribution in [-0.4, -0.2) is 36.0 Å². The van der Waals surface area contributed by atoms with Crippen LogP contribution in [0, 0.1) is 0 Å². The van der Waals surface area contributed by atoms with E-state index in [0.717, 1.165) is 42.8 Å². The Balaban J connectivity index is 1.34. The summed E-state index contributed by atoms with van der Waals surface area (Å²) in [5.74, 6) is 2.30. The van der Waals surface area contributed by atoms with Crippen molar-refractivity contribution in [3.05, 3.63) is 114 Å². The molecule has 4 aromatic carbocycles. The molecule has 1 aliphatic rings. The van der Waals surface area contributed by atoms with Crippen molar-refractivity contribution >= 4 is 17.5 Å².